The van der Waals surface area contributed by atoms with Gasteiger partial charge in [0.05, 0.1) is 0 Å². The number of fused-ring (bicyclic) bond motifs is 3. The third-order valence-electron chi connectivity index (χ3n) is 8.26. The summed E-state index contributed by atoms with van der Waals surface area (Å²) in [6.07, 6.45) is 0.871. The number of carbonyl (C=O) groups is 3. The van der Waals surface area contributed by atoms with E-state index in [1.165, 1.54) is 0 Å². The van der Waals surface area contributed by atoms with Gasteiger partial charge in [-0.1, -0.05) is 92.2 Å². The molecule has 41 heavy (non-hydrogen) atoms. The van der Waals surface area contributed by atoms with Crippen molar-refractivity contribution in [3.8, 4) is 11.1 Å². The van der Waals surface area contributed by atoms with Gasteiger partial charge in [-0.25, -0.2) is 9.59 Å². The normalized spacial score (nSPS) is 16.7. The van der Waals surface area contributed by atoms with Crippen molar-refractivity contribution in [2.45, 2.75) is 56.7 Å². The molecule has 8 nitrogen and oxygen atoms in total. The zero-order valence-corrected chi connectivity index (χ0v) is 23.3. The molecule has 214 valence electrons. The first-order chi connectivity index (χ1) is 19.9. The van der Waals surface area contributed by atoms with E-state index in [1.54, 1.807) is 0 Å². The van der Waals surface area contributed by atoms with E-state index in [0.717, 1.165) is 34.4 Å². The molecule has 3 N–H and O–H groups in total. The minimum absolute atomic E-state index is 0.0945. The van der Waals surface area contributed by atoms with Crippen molar-refractivity contribution in [2.75, 3.05) is 19.7 Å². The molecule has 0 aromatic heterocycles. The van der Waals surface area contributed by atoms with Gasteiger partial charge in [-0.3, -0.25) is 9.69 Å². The molecule has 1 unspecified atom stereocenters. The minimum Gasteiger partial charge on any atom is -0.480 e. The number of piperidine rings is 1. The van der Waals surface area contributed by atoms with Crippen LogP contribution in [0.5, 0.6) is 0 Å². The highest BCUT2D eigenvalue weighted by molar-refractivity contribution is 5.91. The maximum absolute atomic E-state index is 13.3. The summed E-state index contributed by atoms with van der Waals surface area (Å²) in [6.45, 7) is 3.86. The molecule has 3 aromatic carbocycles. The van der Waals surface area contributed by atoms with Crippen LogP contribution in [0.15, 0.2) is 78.9 Å². The van der Waals surface area contributed by atoms with Gasteiger partial charge in [0.15, 0.2) is 0 Å². The molecule has 1 atom stereocenters. The van der Waals surface area contributed by atoms with Crippen LogP contribution in [-0.2, 0) is 20.9 Å². The summed E-state index contributed by atoms with van der Waals surface area (Å²) in [5.74, 6) is -1.65. The molecule has 1 saturated heterocycles. The second-order valence-corrected chi connectivity index (χ2v) is 10.9. The number of amides is 2. The molecule has 8 heteroatoms. The van der Waals surface area contributed by atoms with Crippen LogP contribution < -0.4 is 10.6 Å². The van der Waals surface area contributed by atoms with Crippen molar-refractivity contribution in [1.29, 1.82) is 0 Å². The van der Waals surface area contributed by atoms with Gasteiger partial charge in [0, 0.05) is 25.6 Å². The van der Waals surface area contributed by atoms with E-state index in [1.807, 2.05) is 73.7 Å². The highest BCUT2D eigenvalue weighted by Gasteiger charge is 2.44. The number of nitrogens with zero attached hydrogens (tertiary/aromatic N) is 1. The Labute approximate surface area is 240 Å². The lowest BCUT2D eigenvalue weighted by Crippen LogP contribution is -2.63. The molecule has 2 aliphatic rings. The van der Waals surface area contributed by atoms with E-state index < -0.39 is 29.6 Å². The van der Waals surface area contributed by atoms with E-state index in [0.29, 0.717) is 25.9 Å². The first kappa shape index (κ1) is 28.4. The van der Waals surface area contributed by atoms with Crippen LogP contribution in [-0.4, -0.2) is 59.3 Å². The fraction of sp³-hybridized carbons (Fsp3) is 0.364. The topological polar surface area (TPSA) is 108 Å². The Balaban J connectivity index is 1.19. The average Bonchev–Trinajstić information content (AvgIpc) is 3.31. The van der Waals surface area contributed by atoms with Crippen molar-refractivity contribution in [2.24, 2.45) is 0 Å². The third kappa shape index (κ3) is 6.28. The Morgan fingerprint density at radius 1 is 0.927 bits per heavy atom. The average molecular weight is 556 g/mol. The van der Waals surface area contributed by atoms with Gasteiger partial charge >= 0.3 is 12.1 Å². The zero-order chi connectivity index (χ0) is 28.8. The van der Waals surface area contributed by atoms with Crippen molar-refractivity contribution in [1.82, 2.24) is 15.5 Å². The number of alkyl carbamates (subject to hydrolysis) is 1. The molecule has 0 bridgehead atoms. The maximum atomic E-state index is 13.3. The molecular weight excluding hydrogens is 518 g/mol. The first-order valence-corrected chi connectivity index (χ1v) is 14.3. The van der Waals surface area contributed by atoms with E-state index in [-0.39, 0.29) is 25.4 Å². The minimum atomic E-state index is -1.38. The van der Waals surface area contributed by atoms with Crippen LogP contribution in [0.25, 0.3) is 11.1 Å². The number of likely N-dealkylation sites (tertiary alicyclic amines) is 1. The van der Waals surface area contributed by atoms with E-state index >= 15 is 0 Å². The lowest BCUT2D eigenvalue weighted by molar-refractivity contribution is -0.150. The van der Waals surface area contributed by atoms with E-state index in [2.05, 4.69) is 27.7 Å². The van der Waals surface area contributed by atoms with Crippen LogP contribution in [0.4, 0.5) is 4.79 Å². The van der Waals surface area contributed by atoms with E-state index in [9.17, 15) is 19.5 Å². The van der Waals surface area contributed by atoms with Gasteiger partial charge in [0.1, 0.15) is 18.2 Å². The summed E-state index contributed by atoms with van der Waals surface area (Å²) in [5, 5.41) is 15.6. The summed E-state index contributed by atoms with van der Waals surface area (Å²) in [5.41, 5.74) is 4.26. The third-order valence-corrected chi connectivity index (χ3v) is 8.26. The predicted octanol–water partition coefficient (Wildman–Crippen LogP) is 4.93. The van der Waals surface area contributed by atoms with Gasteiger partial charge in [0.2, 0.25) is 5.91 Å². The van der Waals surface area contributed by atoms with Crippen molar-refractivity contribution < 1.29 is 24.2 Å². The van der Waals surface area contributed by atoms with Gasteiger partial charge in [0.25, 0.3) is 0 Å². The van der Waals surface area contributed by atoms with Gasteiger partial charge in [-0.2, -0.15) is 0 Å². The number of carboxylic acid groups (broad SMARTS) is 1. The number of nitrogens with one attached hydrogen (secondary N) is 2. The van der Waals surface area contributed by atoms with Crippen LogP contribution in [0.3, 0.4) is 0 Å². The Morgan fingerprint density at radius 2 is 1.51 bits per heavy atom. The molecule has 1 aliphatic heterocycles. The van der Waals surface area contributed by atoms with Crippen molar-refractivity contribution in [3.05, 3.63) is 95.6 Å². The van der Waals surface area contributed by atoms with Gasteiger partial charge < -0.3 is 20.5 Å². The smallest absolute Gasteiger partial charge is 0.407 e. The lowest BCUT2D eigenvalue weighted by Gasteiger charge is -2.40. The molecule has 5 rings (SSSR count). The number of ether oxygens (including phenoxy) is 1. The zero-order valence-electron chi connectivity index (χ0n) is 23.3. The number of carbonyl (C=O) groups excluding carboxylic acids is 2. The summed E-state index contributed by atoms with van der Waals surface area (Å²) < 4.78 is 5.65. The highest BCUT2D eigenvalue weighted by Crippen LogP contribution is 2.44. The summed E-state index contributed by atoms with van der Waals surface area (Å²) in [7, 11) is 0. The number of rotatable bonds is 10. The summed E-state index contributed by atoms with van der Waals surface area (Å²) in [4.78, 5) is 40.8. The first-order valence-electron chi connectivity index (χ1n) is 14.3. The molecule has 0 saturated carbocycles. The standard InChI is InChI=1S/C33H37N3O5/c1-2-10-29(30(37)35-33(31(38)39)17-19-36(20-18-33)21-23-11-4-3-5-12-23)34-32(40)41-22-28-26-15-8-6-13-24(26)25-14-7-9-16-27(25)28/h3-9,11-16,28-29H,2,10,17-22H2,1H3,(H,34,40)(H,35,37)(H,38,39). The molecule has 1 aliphatic carbocycles. The molecule has 1 heterocycles. The van der Waals surface area contributed by atoms with Gasteiger partial charge in [-0.15, -0.1) is 0 Å². The molecule has 0 spiro atoms. The Hall–Kier alpha value is -4.17. The second-order valence-electron chi connectivity index (χ2n) is 10.9. The Bertz CT molecular complexity index is 1340. The van der Waals surface area contributed by atoms with Crippen LogP contribution in [0.1, 0.15) is 55.2 Å². The number of benzene rings is 3. The van der Waals surface area contributed by atoms with Gasteiger partial charge in [-0.05, 0) is 47.1 Å². The predicted molar refractivity (Wildman–Crippen MR) is 156 cm³/mol. The number of carboxylic acids is 1. The SMILES string of the molecule is CCCC(NC(=O)OCC1c2ccccc2-c2ccccc21)C(=O)NC1(C(=O)O)CCN(Cc2ccccc2)CC1. The quantitative estimate of drug-likeness (QED) is 0.328. The second kappa shape index (κ2) is 12.6. The molecule has 3 aromatic rings. The molecular formula is C33H37N3O5. The molecule has 1 fully saturated rings. The highest BCUT2D eigenvalue weighted by atomic mass is 16.5. The summed E-state index contributed by atoms with van der Waals surface area (Å²) >= 11 is 0. The fourth-order valence-corrected chi connectivity index (χ4v) is 5.99. The lowest BCUT2D eigenvalue weighted by atomic mass is 9.86. The number of aliphatic carboxylic acids is 1. The molecule has 2 amide bonds. The van der Waals surface area contributed by atoms with Crippen LogP contribution in [0, 0.1) is 0 Å². The maximum Gasteiger partial charge on any atom is 0.407 e. The monoisotopic (exact) mass is 555 g/mol. The van der Waals surface area contributed by atoms with Crippen molar-refractivity contribution >= 4 is 18.0 Å². The number of hydrogen-bond donors (Lipinski definition) is 3. The van der Waals surface area contributed by atoms with Crippen LogP contribution >= 0.6 is 0 Å². The Morgan fingerprint density at radius 3 is 2.10 bits per heavy atom. The summed E-state index contributed by atoms with van der Waals surface area (Å²) in [6, 6.07) is 25.3. The number of hydrogen-bond acceptors (Lipinski definition) is 5. The largest absolute Gasteiger partial charge is 0.480 e. The van der Waals surface area contributed by atoms with Crippen LogP contribution in [0.2, 0.25) is 0 Å². The van der Waals surface area contributed by atoms with Crippen molar-refractivity contribution in [3.63, 3.8) is 0 Å². The Kier molecular flexibility index (Phi) is 8.69. The fourth-order valence-electron chi connectivity index (χ4n) is 5.99. The molecule has 0 radical (unpaired) electrons. The van der Waals surface area contributed by atoms with E-state index in [4.69, 9.17) is 4.74 Å².